The third-order valence-electron chi connectivity index (χ3n) is 2.99. The molecule has 1 aromatic carbocycles. The molecule has 2 aromatic heterocycles. The van der Waals surface area contributed by atoms with Gasteiger partial charge in [-0.05, 0) is 36.8 Å². The number of benzene rings is 1. The van der Waals surface area contributed by atoms with Crippen LogP contribution in [0.4, 0.5) is 5.69 Å². The lowest BCUT2D eigenvalue weighted by atomic mass is 10.1. The number of imidazole rings is 1. The van der Waals surface area contributed by atoms with E-state index in [1.807, 2.05) is 35.9 Å². The van der Waals surface area contributed by atoms with Crippen molar-refractivity contribution in [1.82, 2.24) is 9.38 Å². The minimum atomic E-state index is -0.406. The molecule has 6 heteroatoms. The monoisotopic (exact) mass is 332 g/mol. The Bertz CT molecular complexity index is 766. The third kappa shape index (κ3) is 2.55. The van der Waals surface area contributed by atoms with Crippen LogP contribution in [0.15, 0.2) is 48.8 Å². The summed E-state index contributed by atoms with van der Waals surface area (Å²) in [7, 11) is 0. The Kier molecular flexibility index (Phi) is 3.85. The molecule has 3 rings (SSSR count). The van der Waals surface area contributed by atoms with Crippen LogP contribution in [-0.2, 0) is 0 Å². The van der Waals surface area contributed by atoms with Gasteiger partial charge in [0.15, 0.2) is 0 Å². The molecule has 0 radical (unpaired) electrons. The first-order valence-electron chi connectivity index (χ1n) is 5.84. The second-order valence-corrected chi connectivity index (χ2v) is 4.40. The SMILES string of the molecule is Cc1ccn2cc(-c3ccc([N+](=O)[O-])cc3)nc2c1.[Br-]. The zero-order valence-electron chi connectivity index (χ0n) is 10.7. The molecule has 0 aliphatic heterocycles. The van der Waals surface area contributed by atoms with Gasteiger partial charge in [-0.15, -0.1) is 0 Å². The molecular weight excluding hydrogens is 322 g/mol. The highest BCUT2D eigenvalue weighted by Gasteiger charge is 2.08. The lowest BCUT2D eigenvalue weighted by Crippen LogP contribution is -3.00. The highest BCUT2D eigenvalue weighted by Crippen LogP contribution is 2.22. The number of non-ortho nitro benzene ring substituents is 1. The van der Waals surface area contributed by atoms with Crippen molar-refractivity contribution < 1.29 is 21.9 Å². The van der Waals surface area contributed by atoms with E-state index in [9.17, 15) is 10.1 Å². The standard InChI is InChI=1S/C14H11N3O2.BrH/c1-10-6-7-16-9-13(15-14(16)8-10)11-2-4-12(5-3-11)17(18)19;/h2-9H,1H3;1H/p-1. The lowest BCUT2D eigenvalue weighted by molar-refractivity contribution is -0.384. The van der Waals surface area contributed by atoms with Gasteiger partial charge in [-0.1, -0.05) is 0 Å². The van der Waals surface area contributed by atoms with Gasteiger partial charge >= 0.3 is 0 Å². The molecule has 0 saturated carbocycles. The molecule has 0 amide bonds. The van der Waals surface area contributed by atoms with Crippen molar-refractivity contribution in [2.75, 3.05) is 0 Å². The van der Waals surface area contributed by atoms with Crippen molar-refractivity contribution in [2.45, 2.75) is 6.92 Å². The zero-order chi connectivity index (χ0) is 13.4. The molecule has 5 nitrogen and oxygen atoms in total. The van der Waals surface area contributed by atoms with E-state index in [0.717, 1.165) is 22.5 Å². The summed E-state index contributed by atoms with van der Waals surface area (Å²) in [6.07, 6.45) is 3.86. The summed E-state index contributed by atoms with van der Waals surface area (Å²) in [4.78, 5) is 14.7. The van der Waals surface area contributed by atoms with Gasteiger partial charge < -0.3 is 21.4 Å². The Morgan fingerprint density at radius 2 is 1.90 bits per heavy atom. The molecule has 0 fully saturated rings. The van der Waals surface area contributed by atoms with E-state index in [4.69, 9.17) is 0 Å². The predicted octanol–water partition coefficient (Wildman–Crippen LogP) is 0.222. The maximum atomic E-state index is 10.6. The number of halogens is 1. The number of fused-ring (bicyclic) bond motifs is 1. The summed E-state index contributed by atoms with van der Waals surface area (Å²) < 4.78 is 1.93. The van der Waals surface area contributed by atoms with Gasteiger partial charge in [0.25, 0.3) is 5.69 Å². The van der Waals surface area contributed by atoms with Crippen molar-refractivity contribution in [3.8, 4) is 11.3 Å². The van der Waals surface area contributed by atoms with Gasteiger partial charge in [0.05, 0.1) is 10.6 Å². The molecule has 102 valence electrons. The van der Waals surface area contributed by atoms with Crippen LogP contribution in [0.2, 0.25) is 0 Å². The average molecular weight is 333 g/mol. The van der Waals surface area contributed by atoms with Crippen LogP contribution in [0.5, 0.6) is 0 Å². The number of nitro benzene ring substituents is 1. The molecule has 0 atom stereocenters. The minimum absolute atomic E-state index is 0. The molecule has 0 unspecified atom stereocenters. The normalized spacial score (nSPS) is 10.2. The summed E-state index contributed by atoms with van der Waals surface area (Å²) in [6.45, 7) is 2.01. The van der Waals surface area contributed by atoms with Crippen molar-refractivity contribution in [3.63, 3.8) is 0 Å². The number of pyridine rings is 1. The van der Waals surface area contributed by atoms with Crippen LogP contribution in [-0.4, -0.2) is 14.3 Å². The second kappa shape index (κ2) is 5.42. The smallest absolute Gasteiger partial charge is 0.269 e. The first-order chi connectivity index (χ1) is 9.13. The molecule has 0 N–H and O–H groups in total. The molecular formula is C14H11BrN3O2-. The molecule has 0 spiro atoms. The van der Waals surface area contributed by atoms with E-state index in [-0.39, 0.29) is 22.7 Å². The number of hydrogen-bond donors (Lipinski definition) is 0. The quantitative estimate of drug-likeness (QED) is 0.498. The lowest BCUT2D eigenvalue weighted by Gasteiger charge is -1.95. The van der Waals surface area contributed by atoms with Crippen LogP contribution >= 0.6 is 0 Å². The van der Waals surface area contributed by atoms with Crippen LogP contribution in [0, 0.1) is 17.0 Å². The molecule has 0 aliphatic carbocycles. The van der Waals surface area contributed by atoms with E-state index in [1.165, 1.54) is 12.1 Å². The molecule has 0 aliphatic rings. The van der Waals surface area contributed by atoms with Crippen LogP contribution in [0.3, 0.4) is 0 Å². The summed E-state index contributed by atoms with van der Waals surface area (Å²) in [5, 5.41) is 10.6. The van der Waals surface area contributed by atoms with Gasteiger partial charge in [-0.2, -0.15) is 0 Å². The highest BCUT2D eigenvalue weighted by atomic mass is 79.9. The zero-order valence-corrected chi connectivity index (χ0v) is 12.2. The van der Waals surface area contributed by atoms with Gasteiger partial charge in [-0.3, -0.25) is 10.1 Å². The fourth-order valence-corrected chi connectivity index (χ4v) is 1.98. The Balaban J connectivity index is 0.00000147. The van der Waals surface area contributed by atoms with Crippen LogP contribution < -0.4 is 17.0 Å². The number of rotatable bonds is 2. The van der Waals surface area contributed by atoms with Gasteiger partial charge in [0.1, 0.15) is 5.65 Å². The molecule has 3 aromatic rings. The first kappa shape index (κ1) is 14.2. The number of aryl methyl sites for hydroxylation is 1. The third-order valence-corrected chi connectivity index (χ3v) is 2.99. The molecule has 20 heavy (non-hydrogen) atoms. The van der Waals surface area contributed by atoms with Crippen LogP contribution in [0.1, 0.15) is 5.56 Å². The predicted molar refractivity (Wildman–Crippen MR) is 72.0 cm³/mol. The number of nitro groups is 1. The Morgan fingerprint density at radius 1 is 1.20 bits per heavy atom. The largest absolute Gasteiger partial charge is 1.00 e. The topological polar surface area (TPSA) is 60.4 Å². The maximum absolute atomic E-state index is 10.6. The van der Waals surface area contributed by atoms with Gasteiger partial charge in [-0.25, -0.2) is 4.98 Å². The molecule has 0 bridgehead atoms. The molecule has 2 heterocycles. The number of nitrogens with zero attached hydrogens (tertiary/aromatic N) is 3. The first-order valence-corrected chi connectivity index (χ1v) is 5.84. The van der Waals surface area contributed by atoms with Gasteiger partial charge in [0.2, 0.25) is 0 Å². The van der Waals surface area contributed by atoms with E-state index in [1.54, 1.807) is 12.1 Å². The summed E-state index contributed by atoms with van der Waals surface area (Å²) in [5.41, 5.74) is 3.78. The fraction of sp³-hybridized carbons (Fsp3) is 0.0714. The van der Waals surface area contributed by atoms with E-state index in [0.29, 0.717) is 0 Å². The van der Waals surface area contributed by atoms with Crippen molar-refractivity contribution in [1.29, 1.82) is 0 Å². The fourth-order valence-electron chi connectivity index (χ4n) is 1.98. The second-order valence-electron chi connectivity index (χ2n) is 4.40. The maximum Gasteiger partial charge on any atom is 0.269 e. The Hall–Kier alpha value is -2.21. The van der Waals surface area contributed by atoms with Crippen molar-refractivity contribution in [3.05, 3.63) is 64.5 Å². The number of aromatic nitrogens is 2. The summed E-state index contributed by atoms with van der Waals surface area (Å²) in [5.74, 6) is 0. The van der Waals surface area contributed by atoms with E-state index < -0.39 is 4.92 Å². The van der Waals surface area contributed by atoms with Crippen molar-refractivity contribution >= 4 is 11.3 Å². The Morgan fingerprint density at radius 3 is 2.55 bits per heavy atom. The summed E-state index contributed by atoms with van der Waals surface area (Å²) >= 11 is 0. The Labute approximate surface area is 125 Å². The number of hydrogen-bond acceptors (Lipinski definition) is 3. The van der Waals surface area contributed by atoms with Gasteiger partial charge in [0, 0.05) is 30.1 Å². The summed E-state index contributed by atoms with van der Waals surface area (Å²) in [6, 6.07) is 10.4. The minimum Gasteiger partial charge on any atom is -1.00 e. The highest BCUT2D eigenvalue weighted by molar-refractivity contribution is 5.64. The van der Waals surface area contributed by atoms with Crippen LogP contribution in [0.25, 0.3) is 16.9 Å². The molecule has 0 saturated heterocycles. The average Bonchev–Trinajstić information content (AvgIpc) is 2.81. The van der Waals surface area contributed by atoms with Crippen molar-refractivity contribution in [2.24, 2.45) is 0 Å². The van der Waals surface area contributed by atoms with E-state index >= 15 is 0 Å². The van der Waals surface area contributed by atoms with E-state index in [2.05, 4.69) is 4.98 Å².